The van der Waals surface area contributed by atoms with Crippen molar-refractivity contribution in [2.24, 2.45) is 0 Å². The first-order valence-electron chi connectivity index (χ1n) is 7.74. The van der Waals surface area contributed by atoms with E-state index in [1.165, 1.54) is 12.1 Å². The van der Waals surface area contributed by atoms with Gasteiger partial charge in [-0.05, 0) is 44.2 Å². The SMILES string of the molecule is CCOc1ccc(S(=O)(=O)NCCC(=O)NC2CCNC2)cc1. The van der Waals surface area contributed by atoms with E-state index in [-0.39, 0.29) is 29.8 Å². The number of nitrogens with one attached hydrogen (secondary N) is 3. The van der Waals surface area contributed by atoms with E-state index in [0.717, 1.165) is 19.5 Å². The average molecular weight is 341 g/mol. The molecule has 1 atom stereocenters. The van der Waals surface area contributed by atoms with Crippen molar-refractivity contribution in [1.29, 1.82) is 0 Å². The molecule has 1 fully saturated rings. The van der Waals surface area contributed by atoms with E-state index < -0.39 is 10.0 Å². The molecule has 7 nitrogen and oxygen atoms in total. The van der Waals surface area contributed by atoms with Crippen LogP contribution in [0.25, 0.3) is 0 Å². The van der Waals surface area contributed by atoms with Crippen molar-refractivity contribution in [2.75, 3.05) is 26.2 Å². The van der Waals surface area contributed by atoms with Crippen LogP contribution in [-0.2, 0) is 14.8 Å². The van der Waals surface area contributed by atoms with Crippen molar-refractivity contribution < 1.29 is 17.9 Å². The number of rotatable bonds is 8. The van der Waals surface area contributed by atoms with Crippen molar-refractivity contribution in [3.63, 3.8) is 0 Å². The highest BCUT2D eigenvalue weighted by Crippen LogP contribution is 2.15. The molecule has 1 amide bonds. The minimum atomic E-state index is -3.61. The van der Waals surface area contributed by atoms with Gasteiger partial charge in [-0.1, -0.05) is 0 Å². The Kier molecular flexibility index (Phi) is 6.37. The van der Waals surface area contributed by atoms with E-state index in [1.54, 1.807) is 12.1 Å². The lowest BCUT2D eigenvalue weighted by atomic mass is 10.2. The monoisotopic (exact) mass is 341 g/mol. The zero-order valence-electron chi connectivity index (χ0n) is 13.2. The minimum absolute atomic E-state index is 0.0710. The molecule has 1 aliphatic rings. The Balaban J connectivity index is 1.79. The Morgan fingerprint density at radius 3 is 2.70 bits per heavy atom. The number of hydrogen-bond acceptors (Lipinski definition) is 5. The highest BCUT2D eigenvalue weighted by atomic mass is 32.2. The Hall–Kier alpha value is -1.64. The Bertz CT molecular complexity index is 610. The van der Waals surface area contributed by atoms with Crippen molar-refractivity contribution in [3.8, 4) is 5.75 Å². The zero-order valence-corrected chi connectivity index (χ0v) is 14.0. The third kappa shape index (κ3) is 5.49. The number of carbonyl (C=O) groups excluding carboxylic acids is 1. The Morgan fingerprint density at radius 1 is 1.35 bits per heavy atom. The van der Waals surface area contributed by atoms with Crippen LogP contribution < -0.4 is 20.1 Å². The van der Waals surface area contributed by atoms with Gasteiger partial charge in [-0.3, -0.25) is 4.79 Å². The summed E-state index contributed by atoms with van der Waals surface area (Å²) < 4.78 is 32.0. The van der Waals surface area contributed by atoms with Crippen LogP contribution in [0, 0.1) is 0 Å². The van der Waals surface area contributed by atoms with E-state index in [1.807, 2.05) is 6.92 Å². The largest absolute Gasteiger partial charge is 0.494 e. The lowest BCUT2D eigenvalue weighted by Gasteiger charge is -2.12. The van der Waals surface area contributed by atoms with Crippen molar-refractivity contribution >= 4 is 15.9 Å². The van der Waals surface area contributed by atoms with Crippen LogP contribution in [0.3, 0.4) is 0 Å². The molecule has 2 rings (SSSR count). The fraction of sp³-hybridized carbons (Fsp3) is 0.533. The van der Waals surface area contributed by atoms with Crippen molar-refractivity contribution in [2.45, 2.75) is 30.7 Å². The van der Waals surface area contributed by atoms with Crippen LogP contribution in [0.1, 0.15) is 19.8 Å². The second-order valence-corrected chi connectivity index (χ2v) is 7.08. The molecule has 3 N–H and O–H groups in total. The molecular weight excluding hydrogens is 318 g/mol. The van der Waals surface area contributed by atoms with Gasteiger partial charge in [0.15, 0.2) is 0 Å². The number of ether oxygens (including phenoxy) is 1. The van der Waals surface area contributed by atoms with Gasteiger partial charge in [0, 0.05) is 25.6 Å². The van der Waals surface area contributed by atoms with Crippen LogP contribution in [0.5, 0.6) is 5.75 Å². The molecule has 128 valence electrons. The Labute approximate surface area is 136 Å². The normalized spacial score (nSPS) is 17.9. The molecule has 1 aromatic rings. The number of hydrogen-bond donors (Lipinski definition) is 3. The van der Waals surface area contributed by atoms with Gasteiger partial charge in [-0.25, -0.2) is 13.1 Å². The van der Waals surface area contributed by atoms with Crippen LogP contribution in [0.2, 0.25) is 0 Å². The first kappa shape index (κ1) is 17.7. The molecule has 1 aromatic carbocycles. The minimum Gasteiger partial charge on any atom is -0.494 e. The summed E-state index contributed by atoms with van der Waals surface area (Å²) in [6.07, 6.45) is 1.02. The quantitative estimate of drug-likeness (QED) is 0.629. The third-order valence-corrected chi connectivity index (χ3v) is 4.99. The predicted molar refractivity (Wildman–Crippen MR) is 86.8 cm³/mol. The molecule has 1 unspecified atom stereocenters. The molecule has 8 heteroatoms. The van der Waals surface area contributed by atoms with Gasteiger partial charge in [0.1, 0.15) is 5.75 Å². The number of benzene rings is 1. The number of amides is 1. The summed E-state index contributed by atoms with van der Waals surface area (Å²) in [6.45, 7) is 4.12. The summed E-state index contributed by atoms with van der Waals surface area (Å²) in [5.41, 5.74) is 0. The summed E-state index contributed by atoms with van der Waals surface area (Å²) in [5, 5.41) is 6.03. The molecule has 0 saturated carbocycles. The average Bonchev–Trinajstić information content (AvgIpc) is 3.01. The van der Waals surface area contributed by atoms with Gasteiger partial charge in [0.05, 0.1) is 11.5 Å². The zero-order chi connectivity index (χ0) is 16.7. The lowest BCUT2D eigenvalue weighted by Crippen LogP contribution is -2.38. The lowest BCUT2D eigenvalue weighted by molar-refractivity contribution is -0.121. The van der Waals surface area contributed by atoms with E-state index >= 15 is 0 Å². The van der Waals surface area contributed by atoms with Gasteiger partial charge >= 0.3 is 0 Å². The van der Waals surface area contributed by atoms with Crippen molar-refractivity contribution in [1.82, 2.24) is 15.4 Å². The standard InChI is InChI=1S/C15H23N3O4S/c1-2-22-13-3-5-14(6-4-13)23(20,21)17-10-8-15(19)18-12-7-9-16-11-12/h3-6,12,16-17H,2,7-11H2,1H3,(H,18,19). The summed E-state index contributed by atoms with van der Waals surface area (Å²) in [7, 11) is -3.61. The van der Waals surface area contributed by atoms with E-state index in [0.29, 0.717) is 12.4 Å². The van der Waals surface area contributed by atoms with E-state index in [2.05, 4.69) is 15.4 Å². The van der Waals surface area contributed by atoms with Gasteiger partial charge < -0.3 is 15.4 Å². The van der Waals surface area contributed by atoms with Crippen LogP contribution in [0.15, 0.2) is 29.2 Å². The topological polar surface area (TPSA) is 96.5 Å². The fourth-order valence-corrected chi connectivity index (χ4v) is 3.37. The smallest absolute Gasteiger partial charge is 0.240 e. The van der Waals surface area contributed by atoms with Crippen LogP contribution in [-0.4, -0.2) is 46.6 Å². The molecule has 0 spiro atoms. The predicted octanol–water partition coefficient (Wildman–Crippen LogP) is 0.232. The molecule has 1 saturated heterocycles. The Morgan fingerprint density at radius 2 is 2.09 bits per heavy atom. The van der Waals surface area contributed by atoms with E-state index in [4.69, 9.17) is 4.74 Å². The molecule has 0 radical (unpaired) electrons. The maximum atomic E-state index is 12.1. The molecule has 0 aromatic heterocycles. The highest BCUT2D eigenvalue weighted by Gasteiger charge is 2.18. The molecule has 1 heterocycles. The first-order chi connectivity index (χ1) is 11.0. The molecule has 23 heavy (non-hydrogen) atoms. The van der Waals surface area contributed by atoms with Crippen molar-refractivity contribution in [3.05, 3.63) is 24.3 Å². The summed E-state index contributed by atoms with van der Waals surface area (Å²) in [6, 6.07) is 6.33. The fourth-order valence-electron chi connectivity index (χ4n) is 2.34. The summed E-state index contributed by atoms with van der Waals surface area (Å²) in [4.78, 5) is 11.9. The molecular formula is C15H23N3O4S. The van der Waals surface area contributed by atoms with Crippen LogP contribution >= 0.6 is 0 Å². The second kappa shape index (κ2) is 8.28. The van der Waals surface area contributed by atoms with Gasteiger partial charge in [-0.2, -0.15) is 0 Å². The number of carbonyl (C=O) groups is 1. The maximum Gasteiger partial charge on any atom is 0.240 e. The molecule has 0 aliphatic carbocycles. The second-order valence-electron chi connectivity index (χ2n) is 5.31. The summed E-state index contributed by atoms with van der Waals surface area (Å²) >= 11 is 0. The summed E-state index contributed by atoms with van der Waals surface area (Å²) in [5.74, 6) is 0.476. The first-order valence-corrected chi connectivity index (χ1v) is 9.22. The van der Waals surface area contributed by atoms with Crippen LogP contribution in [0.4, 0.5) is 0 Å². The number of sulfonamides is 1. The van der Waals surface area contributed by atoms with Gasteiger partial charge in [0.2, 0.25) is 15.9 Å². The molecule has 0 bridgehead atoms. The third-order valence-electron chi connectivity index (χ3n) is 3.51. The van der Waals surface area contributed by atoms with Gasteiger partial charge in [0.25, 0.3) is 0 Å². The van der Waals surface area contributed by atoms with E-state index in [9.17, 15) is 13.2 Å². The maximum absolute atomic E-state index is 12.1. The molecule has 1 aliphatic heterocycles. The van der Waals surface area contributed by atoms with Gasteiger partial charge in [-0.15, -0.1) is 0 Å². The highest BCUT2D eigenvalue weighted by molar-refractivity contribution is 7.89.